The topological polar surface area (TPSA) is 58.4 Å². The van der Waals surface area contributed by atoms with E-state index in [1.54, 1.807) is 6.92 Å². The van der Waals surface area contributed by atoms with Crippen LogP contribution in [0.1, 0.15) is 41.6 Å². The summed E-state index contributed by atoms with van der Waals surface area (Å²) in [6.45, 7) is 6.78. The molecule has 1 saturated heterocycles. The molecule has 29 heavy (non-hydrogen) atoms. The molecule has 2 heterocycles. The highest BCUT2D eigenvalue weighted by Gasteiger charge is 2.18. The molecule has 0 atom stereocenters. The lowest BCUT2D eigenvalue weighted by molar-refractivity contribution is 0.0945. The lowest BCUT2D eigenvalue weighted by atomic mass is 9.99. The van der Waals surface area contributed by atoms with Gasteiger partial charge in [-0.3, -0.25) is 4.79 Å². The van der Waals surface area contributed by atoms with Gasteiger partial charge in [-0.15, -0.1) is 0 Å². The van der Waals surface area contributed by atoms with Gasteiger partial charge in [-0.2, -0.15) is 0 Å². The lowest BCUT2D eigenvalue weighted by Gasteiger charge is -2.32. The van der Waals surface area contributed by atoms with E-state index in [-0.39, 0.29) is 5.91 Å². The highest BCUT2D eigenvalue weighted by molar-refractivity contribution is 5.93. The minimum Gasteiger partial charge on any atom is -0.441 e. The molecule has 0 saturated carbocycles. The summed E-state index contributed by atoms with van der Waals surface area (Å²) < 4.78 is 5.69. The van der Waals surface area contributed by atoms with Crippen LogP contribution in [-0.4, -0.2) is 24.0 Å². The number of hydrogen-bond acceptors (Lipinski definition) is 4. The van der Waals surface area contributed by atoms with Gasteiger partial charge in [-0.25, -0.2) is 4.98 Å². The van der Waals surface area contributed by atoms with Crippen LogP contribution in [0.5, 0.6) is 0 Å². The van der Waals surface area contributed by atoms with E-state index in [0.29, 0.717) is 23.9 Å². The number of carbonyl (C=O) groups excluding carboxylic acids is 1. The largest absolute Gasteiger partial charge is 0.441 e. The second kappa shape index (κ2) is 8.52. The van der Waals surface area contributed by atoms with E-state index >= 15 is 0 Å². The summed E-state index contributed by atoms with van der Waals surface area (Å²) in [6, 6.07) is 18.1. The zero-order valence-corrected chi connectivity index (χ0v) is 17.0. The standard InChI is InChI=1S/C24H27N3O2/c1-17-12-14-27(15-13-17)21-10-8-19(9-11-21)16-25-23(28)22-18(2)29-24(26-22)20-6-4-3-5-7-20/h3-11,17H,12-16H2,1-2H3,(H,25,28). The fourth-order valence-corrected chi connectivity index (χ4v) is 3.67. The zero-order chi connectivity index (χ0) is 20.2. The highest BCUT2D eigenvalue weighted by Crippen LogP contribution is 2.24. The molecular formula is C24H27N3O2. The molecule has 1 aromatic heterocycles. The molecule has 0 aliphatic carbocycles. The van der Waals surface area contributed by atoms with Gasteiger partial charge in [-0.1, -0.05) is 37.3 Å². The maximum atomic E-state index is 12.6. The third-order valence-electron chi connectivity index (χ3n) is 5.57. The Balaban J connectivity index is 1.37. The Morgan fingerprint density at radius 3 is 2.48 bits per heavy atom. The summed E-state index contributed by atoms with van der Waals surface area (Å²) in [6.07, 6.45) is 2.50. The normalized spacial score (nSPS) is 14.8. The molecule has 0 radical (unpaired) electrons. The Hall–Kier alpha value is -3.08. The maximum absolute atomic E-state index is 12.6. The fourth-order valence-electron chi connectivity index (χ4n) is 3.67. The van der Waals surface area contributed by atoms with Gasteiger partial charge in [0, 0.05) is 30.9 Å². The highest BCUT2D eigenvalue weighted by atomic mass is 16.4. The van der Waals surface area contributed by atoms with Crippen molar-refractivity contribution >= 4 is 11.6 Å². The second-order valence-electron chi connectivity index (χ2n) is 7.81. The van der Waals surface area contributed by atoms with Crippen LogP contribution in [0.25, 0.3) is 11.5 Å². The third-order valence-corrected chi connectivity index (χ3v) is 5.57. The average Bonchev–Trinajstić information content (AvgIpc) is 3.15. The SMILES string of the molecule is Cc1oc(-c2ccccc2)nc1C(=O)NCc1ccc(N2CCC(C)CC2)cc1. The number of benzene rings is 2. The van der Waals surface area contributed by atoms with Crippen LogP contribution in [0.4, 0.5) is 5.69 Å². The monoisotopic (exact) mass is 389 g/mol. The lowest BCUT2D eigenvalue weighted by Crippen LogP contribution is -2.32. The Kier molecular flexibility index (Phi) is 5.65. The Morgan fingerprint density at radius 2 is 1.79 bits per heavy atom. The molecule has 0 unspecified atom stereocenters. The van der Waals surface area contributed by atoms with E-state index in [1.165, 1.54) is 18.5 Å². The molecule has 1 aliphatic heterocycles. The molecule has 4 rings (SSSR count). The molecule has 0 spiro atoms. The van der Waals surface area contributed by atoms with Gasteiger partial charge in [0.1, 0.15) is 5.76 Å². The number of nitrogens with zero attached hydrogens (tertiary/aromatic N) is 2. The van der Waals surface area contributed by atoms with Crippen molar-refractivity contribution in [3.63, 3.8) is 0 Å². The molecule has 1 fully saturated rings. The van der Waals surface area contributed by atoms with E-state index in [0.717, 1.165) is 30.1 Å². The zero-order valence-electron chi connectivity index (χ0n) is 17.0. The van der Waals surface area contributed by atoms with Gasteiger partial charge in [0.15, 0.2) is 5.69 Å². The molecule has 150 valence electrons. The van der Waals surface area contributed by atoms with Crippen molar-refractivity contribution in [2.45, 2.75) is 33.2 Å². The summed E-state index contributed by atoms with van der Waals surface area (Å²) in [5.41, 5.74) is 3.52. The van der Waals surface area contributed by atoms with E-state index in [4.69, 9.17) is 4.42 Å². The Labute approximate surface area is 171 Å². The van der Waals surface area contributed by atoms with Crippen LogP contribution in [0.15, 0.2) is 59.0 Å². The van der Waals surface area contributed by atoms with Crippen molar-refractivity contribution in [2.75, 3.05) is 18.0 Å². The number of hydrogen-bond donors (Lipinski definition) is 1. The first-order valence-corrected chi connectivity index (χ1v) is 10.2. The first-order valence-electron chi connectivity index (χ1n) is 10.2. The van der Waals surface area contributed by atoms with Crippen LogP contribution in [-0.2, 0) is 6.54 Å². The van der Waals surface area contributed by atoms with Gasteiger partial charge in [0.05, 0.1) is 0 Å². The molecular weight excluding hydrogens is 362 g/mol. The predicted molar refractivity (Wildman–Crippen MR) is 115 cm³/mol. The minimum atomic E-state index is -0.220. The Morgan fingerprint density at radius 1 is 1.10 bits per heavy atom. The summed E-state index contributed by atoms with van der Waals surface area (Å²) >= 11 is 0. The molecule has 5 nitrogen and oxygen atoms in total. The van der Waals surface area contributed by atoms with Crippen LogP contribution >= 0.6 is 0 Å². The van der Waals surface area contributed by atoms with E-state index in [2.05, 4.69) is 46.4 Å². The first kappa shape index (κ1) is 19.2. The second-order valence-corrected chi connectivity index (χ2v) is 7.81. The van der Waals surface area contributed by atoms with Gasteiger partial charge < -0.3 is 14.6 Å². The van der Waals surface area contributed by atoms with E-state index in [1.807, 2.05) is 30.3 Å². The van der Waals surface area contributed by atoms with Crippen LogP contribution < -0.4 is 10.2 Å². The van der Waals surface area contributed by atoms with E-state index in [9.17, 15) is 4.79 Å². The third kappa shape index (κ3) is 4.50. The summed E-state index contributed by atoms with van der Waals surface area (Å²) in [5.74, 6) is 1.59. The van der Waals surface area contributed by atoms with Gasteiger partial charge in [-0.05, 0) is 55.5 Å². The molecule has 3 aromatic rings. The number of aromatic nitrogens is 1. The first-order chi connectivity index (χ1) is 14.1. The van der Waals surface area contributed by atoms with Crippen molar-refractivity contribution in [3.8, 4) is 11.5 Å². The maximum Gasteiger partial charge on any atom is 0.273 e. The molecule has 1 amide bonds. The van der Waals surface area contributed by atoms with Crippen molar-refractivity contribution < 1.29 is 9.21 Å². The number of nitrogens with one attached hydrogen (secondary N) is 1. The molecule has 5 heteroatoms. The number of piperidine rings is 1. The van der Waals surface area contributed by atoms with Gasteiger partial charge >= 0.3 is 0 Å². The molecule has 0 bridgehead atoms. The average molecular weight is 389 g/mol. The number of aryl methyl sites for hydroxylation is 1. The minimum absolute atomic E-state index is 0.220. The quantitative estimate of drug-likeness (QED) is 0.680. The van der Waals surface area contributed by atoms with Crippen molar-refractivity contribution in [1.29, 1.82) is 0 Å². The van der Waals surface area contributed by atoms with Crippen LogP contribution in [0, 0.1) is 12.8 Å². The van der Waals surface area contributed by atoms with Crippen molar-refractivity contribution in [2.24, 2.45) is 5.92 Å². The number of anilines is 1. The van der Waals surface area contributed by atoms with Crippen LogP contribution in [0.2, 0.25) is 0 Å². The number of rotatable bonds is 5. The molecule has 2 aromatic carbocycles. The Bertz CT molecular complexity index is 956. The molecule has 1 aliphatic rings. The van der Waals surface area contributed by atoms with Gasteiger partial charge in [0.2, 0.25) is 5.89 Å². The predicted octanol–water partition coefficient (Wildman–Crippen LogP) is 4.82. The summed E-state index contributed by atoms with van der Waals surface area (Å²) in [7, 11) is 0. The number of oxazole rings is 1. The summed E-state index contributed by atoms with van der Waals surface area (Å²) in [4.78, 5) is 19.4. The smallest absolute Gasteiger partial charge is 0.273 e. The number of amides is 1. The molecule has 1 N–H and O–H groups in total. The number of carbonyl (C=O) groups is 1. The van der Waals surface area contributed by atoms with Gasteiger partial charge in [0.25, 0.3) is 5.91 Å². The summed E-state index contributed by atoms with van der Waals surface area (Å²) in [5, 5.41) is 2.95. The van der Waals surface area contributed by atoms with Crippen molar-refractivity contribution in [1.82, 2.24) is 10.3 Å². The fraction of sp³-hybridized carbons (Fsp3) is 0.333. The van der Waals surface area contributed by atoms with E-state index < -0.39 is 0 Å². The van der Waals surface area contributed by atoms with Crippen LogP contribution in [0.3, 0.4) is 0 Å². The van der Waals surface area contributed by atoms with Crippen molar-refractivity contribution in [3.05, 3.63) is 71.6 Å².